The fourth-order valence-corrected chi connectivity index (χ4v) is 1.96. The summed E-state index contributed by atoms with van der Waals surface area (Å²) in [6, 6.07) is 6.15. The predicted octanol–water partition coefficient (Wildman–Crippen LogP) is 2.04. The molecule has 1 heterocycles. The largest absolute Gasteiger partial charge is 0.441 e. The Morgan fingerprint density at radius 1 is 1.28 bits per heavy atom. The van der Waals surface area contributed by atoms with Gasteiger partial charge >= 0.3 is 0 Å². The van der Waals surface area contributed by atoms with Crippen molar-refractivity contribution in [3.05, 3.63) is 29.7 Å². The van der Waals surface area contributed by atoms with E-state index in [4.69, 9.17) is 9.52 Å². The Morgan fingerprint density at radius 3 is 3.00 bits per heavy atom. The van der Waals surface area contributed by atoms with Crippen molar-refractivity contribution in [2.45, 2.75) is 26.2 Å². The van der Waals surface area contributed by atoms with Crippen LogP contribution in [0, 0.1) is 6.92 Å². The van der Waals surface area contributed by atoms with Crippen LogP contribution in [0.3, 0.4) is 0 Å². The van der Waals surface area contributed by atoms with Crippen LogP contribution in [0.2, 0.25) is 0 Å². The fourth-order valence-electron chi connectivity index (χ4n) is 1.96. The molecule has 2 rings (SSSR count). The summed E-state index contributed by atoms with van der Waals surface area (Å²) >= 11 is 0. The van der Waals surface area contributed by atoms with Gasteiger partial charge in [-0.2, -0.15) is 0 Å². The van der Waals surface area contributed by atoms with Crippen LogP contribution in [0.1, 0.15) is 24.3 Å². The zero-order chi connectivity index (χ0) is 12.8. The van der Waals surface area contributed by atoms with Gasteiger partial charge in [0, 0.05) is 13.5 Å². The van der Waals surface area contributed by atoms with Crippen LogP contribution in [0.25, 0.3) is 11.1 Å². The van der Waals surface area contributed by atoms with E-state index in [2.05, 4.69) is 22.4 Å². The lowest BCUT2D eigenvalue weighted by Gasteiger charge is -2.04. The Labute approximate surface area is 107 Å². The molecule has 4 heteroatoms. The number of fused-ring (bicyclic) bond motifs is 1. The van der Waals surface area contributed by atoms with Gasteiger partial charge in [-0.05, 0) is 50.0 Å². The van der Waals surface area contributed by atoms with Crippen molar-refractivity contribution in [2.24, 2.45) is 0 Å². The average Bonchev–Trinajstić information content (AvgIpc) is 2.73. The zero-order valence-electron chi connectivity index (χ0n) is 10.8. The highest BCUT2D eigenvalue weighted by Gasteiger charge is 2.02. The highest BCUT2D eigenvalue weighted by molar-refractivity contribution is 5.73. The lowest BCUT2D eigenvalue weighted by atomic mass is 10.1. The van der Waals surface area contributed by atoms with Gasteiger partial charge in [0.25, 0.3) is 0 Å². The molecule has 2 N–H and O–H groups in total. The van der Waals surface area contributed by atoms with E-state index >= 15 is 0 Å². The van der Waals surface area contributed by atoms with Crippen molar-refractivity contribution in [2.75, 3.05) is 19.7 Å². The van der Waals surface area contributed by atoms with E-state index in [0.717, 1.165) is 43.5 Å². The highest BCUT2D eigenvalue weighted by Crippen LogP contribution is 2.16. The summed E-state index contributed by atoms with van der Waals surface area (Å²) in [5.41, 5.74) is 3.06. The van der Waals surface area contributed by atoms with Gasteiger partial charge in [-0.1, -0.05) is 6.07 Å². The van der Waals surface area contributed by atoms with E-state index in [9.17, 15) is 0 Å². The monoisotopic (exact) mass is 248 g/mol. The van der Waals surface area contributed by atoms with Gasteiger partial charge in [-0.3, -0.25) is 0 Å². The average molecular weight is 248 g/mol. The maximum Gasteiger partial charge on any atom is 0.192 e. The Kier molecular flexibility index (Phi) is 4.73. The number of rotatable bonds is 7. The molecule has 0 fully saturated rings. The summed E-state index contributed by atoms with van der Waals surface area (Å²) < 4.78 is 5.44. The zero-order valence-corrected chi connectivity index (χ0v) is 10.8. The minimum Gasteiger partial charge on any atom is -0.441 e. The maximum absolute atomic E-state index is 8.66. The SMILES string of the molecule is Cc1nc2cc(CCNCCCCO)ccc2o1. The maximum atomic E-state index is 8.66. The summed E-state index contributed by atoms with van der Waals surface area (Å²) in [6.07, 6.45) is 2.89. The second-order valence-electron chi connectivity index (χ2n) is 4.47. The standard InChI is InChI=1S/C14H20N2O2/c1-11-16-13-10-12(4-5-14(13)18-11)6-8-15-7-2-3-9-17/h4-5,10,15,17H,2-3,6-9H2,1H3. The smallest absolute Gasteiger partial charge is 0.192 e. The predicted molar refractivity (Wildman–Crippen MR) is 71.6 cm³/mol. The third kappa shape index (κ3) is 3.55. The van der Waals surface area contributed by atoms with Gasteiger partial charge in [0.2, 0.25) is 0 Å². The number of aliphatic hydroxyl groups is 1. The molecule has 1 aromatic carbocycles. The number of benzene rings is 1. The van der Waals surface area contributed by atoms with Crippen molar-refractivity contribution < 1.29 is 9.52 Å². The van der Waals surface area contributed by atoms with Gasteiger partial charge in [-0.15, -0.1) is 0 Å². The molecule has 0 radical (unpaired) electrons. The first-order chi connectivity index (χ1) is 8.79. The van der Waals surface area contributed by atoms with E-state index in [1.165, 1.54) is 5.56 Å². The number of aryl methyl sites for hydroxylation is 1. The van der Waals surface area contributed by atoms with E-state index in [1.807, 2.05) is 13.0 Å². The van der Waals surface area contributed by atoms with Crippen LogP contribution in [0.4, 0.5) is 0 Å². The van der Waals surface area contributed by atoms with Crippen molar-refractivity contribution in [3.63, 3.8) is 0 Å². The molecule has 0 aliphatic heterocycles. The number of hydrogen-bond donors (Lipinski definition) is 2. The second-order valence-corrected chi connectivity index (χ2v) is 4.47. The van der Waals surface area contributed by atoms with Crippen LogP contribution < -0.4 is 5.32 Å². The lowest BCUT2D eigenvalue weighted by molar-refractivity contribution is 0.284. The normalized spacial score (nSPS) is 11.2. The fraction of sp³-hybridized carbons (Fsp3) is 0.500. The number of hydrogen-bond acceptors (Lipinski definition) is 4. The number of unbranched alkanes of at least 4 members (excludes halogenated alkanes) is 1. The van der Waals surface area contributed by atoms with E-state index < -0.39 is 0 Å². The topological polar surface area (TPSA) is 58.3 Å². The Balaban J connectivity index is 1.80. The molecule has 0 saturated carbocycles. The van der Waals surface area contributed by atoms with Crippen LogP contribution in [0.5, 0.6) is 0 Å². The first-order valence-corrected chi connectivity index (χ1v) is 6.47. The molecule has 18 heavy (non-hydrogen) atoms. The highest BCUT2D eigenvalue weighted by atomic mass is 16.3. The van der Waals surface area contributed by atoms with Crippen LogP contribution in [-0.4, -0.2) is 29.8 Å². The quantitative estimate of drug-likeness (QED) is 0.736. The Hall–Kier alpha value is -1.39. The number of oxazole rings is 1. The van der Waals surface area contributed by atoms with Crippen molar-refractivity contribution >= 4 is 11.1 Å². The van der Waals surface area contributed by atoms with Crippen LogP contribution in [0.15, 0.2) is 22.6 Å². The second kappa shape index (κ2) is 6.52. The molecular formula is C14H20N2O2. The molecule has 4 nitrogen and oxygen atoms in total. The van der Waals surface area contributed by atoms with Crippen LogP contribution in [-0.2, 0) is 6.42 Å². The minimum atomic E-state index is 0.282. The Morgan fingerprint density at radius 2 is 2.17 bits per heavy atom. The first kappa shape index (κ1) is 13.1. The molecule has 0 saturated heterocycles. The van der Waals surface area contributed by atoms with Crippen LogP contribution >= 0.6 is 0 Å². The molecular weight excluding hydrogens is 228 g/mol. The number of nitrogens with zero attached hydrogens (tertiary/aromatic N) is 1. The van der Waals surface area contributed by atoms with E-state index in [0.29, 0.717) is 5.89 Å². The summed E-state index contributed by atoms with van der Waals surface area (Å²) in [5, 5.41) is 12.0. The summed E-state index contributed by atoms with van der Waals surface area (Å²) in [5.74, 6) is 0.712. The lowest BCUT2D eigenvalue weighted by Crippen LogP contribution is -2.18. The Bertz CT molecular complexity index is 493. The van der Waals surface area contributed by atoms with Gasteiger partial charge < -0.3 is 14.8 Å². The van der Waals surface area contributed by atoms with Crippen molar-refractivity contribution in [1.29, 1.82) is 0 Å². The molecule has 1 aromatic heterocycles. The molecule has 2 aromatic rings. The third-order valence-corrected chi connectivity index (χ3v) is 2.91. The van der Waals surface area contributed by atoms with Gasteiger partial charge in [0.1, 0.15) is 5.52 Å². The van der Waals surface area contributed by atoms with Gasteiger partial charge in [-0.25, -0.2) is 4.98 Å². The number of nitrogens with one attached hydrogen (secondary N) is 1. The summed E-state index contributed by atoms with van der Waals surface area (Å²) in [7, 11) is 0. The molecule has 0 aliphatic carbocycles. The number of aromatic nitrogens is 1. The summed E-state index contributed by atoms with van der Waals surface area (Å²) in [4.78, 5) is 4.33. The van der Waals surface area contributed by atoms with E-state index in [1.54, 1.807) is 0 Å². The molecule has 0 aliphatic rings. The summed E-state index contributed by atoms with van der Waals surface area (Å²) in [6.45, 7) is 4.06. The molecule has 98 valence electrons. The third-order valence-electron chi connectivity index (χ3n) is 2.91. The molecule has 0 unspecified atom stereocenters. The van der Waals surface area contributed by atoms with Gasteiger partial charge in [0.15, 0.2) is 11.5 Å². The molecule has 0 bridgehead atoms. The van der Waals surface area contributed by atoms with Gasteiger partial charge in [0.05, 0.1) is 0 Å². The molecule has 0 spiro atoms. The minimum absolute atomic E-state index is 0.282. The van der Waals surface area contributed by atoms with Crippen molar-refractivity contribution in [1.82, 2.24) is 10.3 Å². The molecule has 0 amide bonds. The first-order valence-electron chi connectivity index (χ1n) is 6.47. The van der Waals surface area contributed by atoms with E-state index in [-0.39, 0.29) is 6.61 Å². The molecule has 0 atom stereocenters. The number of aliphatic hydroxyl groups excluding tert-OH is 1. The van der Waals surface area contributed by atoms with Crippen molar-refractivity contribution in [3.8, 4) is 0 Å².